The average Bonchev–Trinajstić information content (AvgIpc) is 2.28. The van der Waals surface area contributed by atoms with Crippen LogP contribution in [-0.4, -0.2) is 25.4 Å². The molecule has 4 nitrogen and oxygen atoms in total. The number of hydrogen-bond donors (Lipinski definition) is 2. The van der Waals surface area contributed by atoms with Crippen LogP contribution in [0.3, 0.4) is 0 Å². The third kappa shape index (κ3) is 4.54. The number of para-hydroxylation sites is 1. The lowest BCUT2D eigenvalue weighted by molar-refractivity contribution is 0.172. The fourth-order valence-corrected chi connectivity index (χ4v) is 1.36. The van der Waals surface area contributed by atoms with Gasteiger partial charge in [-0.15, -0.1) is 0 Å². The van der Waals surface area contributed by atoms with Gasteiger partial charge in [0, 0.05) is 20.1 Å². The molecule has 6 heteroatoms. The largest absolute Gasteiger partial charge is 0.491 e. The van der Waals surface area contributed by atoms with Gasteiger partial charge in [-0.2, -0.15) is 0 Å². The first-order valence-corrected chi connectivity index (χ1v) is 5.52. The van der Waals surface area contributed by atoms with E-state index in [9.17, 15) is 4.39 Å². The summed E-state index contributed by atoms with van der Waals surface area (Å²) in [6.07, 6.45) is 0.722. The van der Waals surface area contributed by atoms with Crippen molar-refractivity contribution in [2.24, 2.45) is 5.73 Å². The Labute approximate surface area is 105 Å². The molecule has 1 aromatic carbocycles. The van der Waals surface area contributed by atoms with Crippen LogP contribution in [0.15, 0.2) is 18.2 Å². The lowest BCUT2D eigenvalue weighted by atomic mass is 10.3. The molecular formula is C11H15FN2O2S. The van der Waals surface area contributed by atoms with Crippen molar-refractivity contribution < 1.29 is 13.9 Å². The molecule has 0 amide bonds. The van der Waals surface area contributed by atoms with Gasteiger partial charge < -0.3 is 20.5 Å². The highest BCUT2D eigenvalue weighted by molar-refractivity contribution is 7.80. The van der Waals surface area contributed by atoms with Gasteiger partial charge in [0.05, 0.1) is 6.61 Å². The molecule has 0 saturated heterocycles. The van der Waals surface area contributed by atoms with Gasteiger partial charge in [-0.05, 0) is 24.4 Å². The number of rotatable bonds is 6. The Morgan fingerprint density at radius 1 is 1.47 bits per heavy atom. The molecule has 0 fully saturated rings. The van der Waals surface area contributed by atoms with Gasteiger partial charge in [0.2, 0.25) is 0 Å². The van der Waals surface area contributed by atoms with Gasteiger partial charge in [-0.25, -0.2) is 4.39 Å². The number of nitrogens with two attached hydrogens (primary N) is 1. The molecule has 0 aliphatic rings. The topological polar surface area (TPSA) is 56.5 Å². The number of nitrogens with one attached hydrogen (secondary N) is 1. The first-order valence-electron chi connectivity index (χ1n) is 5.12. The molecule has 0 spiro atoms. The maximum absolute atomic E-state index is 13.5. The fraction of sp³-hybridized carbons (Fsp3) is 0.364. The molecule has 0 bridgehead atoms. The molecule has 1 aromatic rings. The van der Waals surface area contributed by atoms with Crippen molar-refractivity contribution in [3.05, 3.63) is 24.0 Å². The third-order valence-corrected chi connectivity index (χ3v) is 2.08. The fourth-order valence-electron chi connectivity index (χ4n) is 1.25. The average molecular weight is 258 g/mol. The Morgan fingerprint density at radius 2 is 2.24 bits per heavy atom. The van der Waals surface area contributed by atoms with E-state index in [-0.39, 0.29) is 10.8 Å². The van der Waals surface area contributed by atoms with Crippen LogP contribution < -0.4 is 15.8 Å². The van der Waals surface area contributed by atoms with Crippen molar-refractivity contribution in [1.82, 2.24) is 0 Å². The normalized spacial score (nSPS) is 10.0. The summed E-state index contributed by atoms with van der Waals surface area (Å²) in [6.45, 7) is 1.02. The summed E-state index contributed by atoms with van der Waals surface area (Å²) in [5.41, 5.74) is 5.48. The molecule has 0 aliphatic carbocycles. The lowest BCUT2D eigenvalue weighted by Crippen LogP contribution is -2.20. The van der Waals surface area contributed by atoms with Crippen molar-refractivity contribution in [2.45, 2.75) is 6.42 Å². The van der Waals surface area contributed by atoms with Crippen LogP contribution in [0.25, 0.3) is 0 Å². The first-order chi connectivity index (χ1) is 8.15. The van der Waals surface area contributed by atoms with Gasteiger partial charge in [0.15, 0.2) is 10.9 Å². The monoisotopic (exact) mass is 258 g/mol. The van der Waals surface area contributed by atoms with Gasteiger partial charge in [-0.1, -0.05) is 6.07 Å². The van der Waals surface area contributed by atoms with Crippen LogP contribution in [0.2, 0.25) is 0 Å². The lowest BCUT2D eigenvalue weighted by Gasteiger charge is -2.12. The van der Waals surface area contributed by atoms with E-state index >= 15 is 0 Å². The predicted molar refractivity (Wildman–Crippen MR) is 68.8 cm³/mol. The summed E-state index contributed by atoms with van der Waals surface area (Å²) >= 11 is 4.68. The van der Waals surface area contributed by atoms with Crippen molar-refractivity contribution in [1.29, 1.82) is 0 Å². The summed E-state index contributed by atoms with van der Waals surface area (Å²) in [6, 6.07) is 4.52. The molecule has 0 radical (unpaired) electrons. The maximum Gasteiger partial charge on any atom is 0.168 e. The van der Waals surface area contributed by atoms with E-state index in [4.69, 9.17) is 15.2 Å². The molecule has 0 aromatic heterocycles. The Bertz CT molecular complexity index is 388. The molecule has 0 unspecified atom stereocenters. The minimum atomic E-state index is -0.456. The second kappa shape index (κ2) is 7.03. The van der Waals surface area contributed by atoms with E-state index in [1.165, 1.54) is 6.07 Å². The van der Waals surface area contributed by atoms with Gasteiger partial charge in [0.1, 0.15) is 11.4 Å². The Morgan fingerprint density at radius 3 is 2.88 bits per heavy atom. The van der Waals surface area contributed by atoms with Gasteiger partial charge in [-0.3, -0.25) is 0 Å². The minimum absolute atomic E-state index is 0.00292. The van der Waals surface area contributed by atoms with Crippen molar-refractivity contribution in [2.75, 3.05) is 25.6 Å². The van der Waals surface area contributed by atoms with Crippen LogP contribution >= 0.6 is 12.2 Å². The van der Waals surface area contributed by atoms with Crippen LogP contribution in [0.4, 0.5) is 10.1 Å². The summed E-state index contributed by atoms with van der Waals surface area (Å²) in [4.78, 5) is 0. The number of methoxy groups -OCH3 is 1. The molecule has 3 N–H and O–H groups in total. The zero-order valence-corrected chi connectivity index (χ0v) is 10.3. The number of thiocarbonyl (C=S) groups is 1. The summed E-state index contributed by atoms with van der Waals surface area (Å²) < 4.78 is 23.8. The van der Waals surface area contributed by atoms with Crippen molar-refractivity contribution in [3.8, 4) is 5.75 Å². The quantitative estimate of drug-likeness (QED) is 0.603. The van der Waals surface area contributed by atoms with E-state index in [0.717, 1.165) is 6.42 Å². The van der Waals surface area contributed by atoms with Gasteiger partial charge in [0.25, 0.3) is 0 Å². The molecule has 0 aliphatic heterocycles. The zero-order valence-electron chi connectivity index (χ0n) is 9.53. The molecule has 0 atom stereocenters. The first kappa shape index (κ1) is 13.7. The zero-order chi connectivity index (χ0) is 12.7. The predicted octanol–water partition coefficient (Wildman–Crippen LogP) is 1.90. The third-order valence-electron chi connectivity index (χ3n) is 1.97. The van der Waals surface area contributed by atoms with Crippen LogP contribution in [-0.2, 0) is 4.74 Å². The molecule has 17 heavy (non-hydrogen) atoms. The highest BCUT2D eigenvalue weighted by atomic mass is 32.1. The molecule has 94 valence electrons. The number of anilines is 1. The molecule has 0 heterocycles. The van der Waals surface area contributed by atoms with Crippen molar-refractivity contribution in [3.63, 3.8) is 0 Å². The van der Waals surface area contributed by atoms with Crippen LogP contribution in [0.1, 0.15) is 6.42 Å². The standard InChI is InChI=1S/C11H15FN2O2S/c1-15-6-3-7-16-9-5-2-4-8(12)10(9)14-11(13)17/h2,4-5H,3,6-7H2,1H3,(H3,13,14,17). The number of halogens is 1. The molecular weight excluding hydrogens is 243 g/mol. The second-order valence-corrected chi connectivity index (χ2v) is 3.74. The Hall–Kier alpha value is -1.40. The van der Waals surface area contributed by atoms with Gasteiger partial charge >= 0.3 is 0 Å². The van der Waals surface area contributed by atoms with E-state index in [1.54, 1.807) is 19.2 Å². The molecule has 1 rings (SSSR count). The Balaban J connectivity index is 2.69. The highest BCUT2D eigenvalue weighted by Gasteiger charge is 2.09. The van der Waals surface area contributed by atoms with E-state index in [1.807, 2.05) is 0 Å². The van der Waals surface area contributed by atoms with E-state index in [0.29, 0.717) is 19.0 Å². The van der Waals surface area contributed by atoms with E-state index in [2.05, 4.69) is 17.5 Å². The summed E-state index contributed by atoms with van der Waals surface area (Å²) in [7, 11) is 1.61. The smallest absolute Gasteiger partial charge is 0.168 e. The van der Waals surface area contributed by atoms with Crippen molar-refractivity contribution >= 4 is 23.0 Å². The Kier molecular flexibility index (Phi) is 5.65. The number of ether oxygens (including phenoxy) is 2. The maximum atomic E-state index is 13.5. The van der Waals surface area contributed by atoms with E-state index < -0.39 is 5.82 Å². The minimum Gasteiger partial charge on any atom is -0.491 e. The summed E-state index contributed by atoms with van der Waals surface area (Å²) in [5.74, 6) is -0.0732. The number of hydrogen-bond acceptors (Lipinski definition) is 3. The summed E-state index contributed by atoms with van der Waals surface area (Å²) in [5, 5.41) is 2.56. The SMILES string of the molecule is COCCCOc1cccc(F)c1NC(N)=S. The highest BCUT2D eigenvalue weighted by Crippen LogP contribution is 2.27. The van der Waals surface area contributed by atoms with Crippen LogP contribution in [0, 0.1) is 5.82 Å². The second-order valence-electron chi connectivity index (χ2n) is 3.30. The number of benzene rings is 1. The van der Waals surface area contributed by atoms with Crippen LogP contribution in [0.5, 0.6) is 5.75 Å². The molecule has 0 saturated carbocycles.